The average molecular weight is 417 g/mol. The minimum atomic E-state index is -1.18. The number of aliphatic carboxylic acids is 1. The quantitative estimate of drug-likeness (QED) is 0.246. The van der Waals surface area contributed by atoms with E-state index in [1.165, 1.54) is 16.7 Å². The Morgan fingerprint density at radius 2 is 1.93 bits per heavy atom. The Balaban J connectivity index is 2.63. The lowest BCUT2D eigenvalue weighted by molar-refractivity contribution is -0.148. The van der Waals surface area contributed by atoms with Gasteiger partial charge in [-0.15, -0.1) is 0 Å². The second kappa shape index (κ2) is 11.5. The predicted molar refractivity (Wildman–Crippen MR) is 102 cm³/mol. The van der Waals surface area contributed by atoms with Crippen LogP contribution in [0.1, 0.15) is 25.7 Å². The molecule has 0 aromatic rings. The van der Waals surface area contributed by atoms with Gasteiger partial charge in [-0.25, -0.2) is 4.79 Å². The van der Waals surface area contributed by atoms with Crippen LogP contribution in [0.3, 0.4) is 0 Å². The molecule has 3 atom stereocenters. The fourth-order valence-corrected chi connectivity index (χ4v) is 3.27. The number of carbonyl (C=O) groups is 5. The first-order valence-corrected chi connectivity index (χ1v) is 10.2. The lowest BCUT2D eigenvalue weighted by Crippen LogP contribution is -2.54. The number of hydrogen-bond donors (Lipinski definition) is 5. The van der Waals surface area contributed by atoms with Crippen molar-refractivity contribution in [1.82, 2.24) is 15.5 Å². The minimum Gasteiger partial charge on any atom is -0.480 e. The van der Waals surface area contributed by atoms with Crippen LogP contribution in [-0.2, 0) is 24.0 Å². The van der Waals surface area contributed by atoms with Crippen molar-refractivity contribution in [2.45, 2.75) is 43.8 Å². The van der Waals surface area contributed by atoms with Crippen molar-refractivity contribution < 1.29 is 29.1 Å². The first kappa shape index (κ1) is 23.7. The Labute approximate surface area is 166 Å². The van der Waals surface area contributed by atoms with Gasteiger partial charge in [-0.3, -0.25) is 19.2 Å². The van der Waals surface area contributed by atoms with Crippen molar-refractivity contribution in [2.24, 2.45) is 11.5 Å². The van der Waals surface area contributed by atoms with E-state index in [1.54, 1.807) is 0 Å². The molecule has 11 nitrogen and oxygen atoms in total. The van der Waals surface area contributed by atoms with E-state index in [0.29, 0.717) is 25.1 Å². The van der Waals surface area contributed by atoms with Crippen LogP contribution in [0.2, 0.25) is 0 Å². The topological polar surface area (TPSA) is 185 Å². The highest BCUT2D eigenvalue weighted by molar-refractivity contribution is 7.98. The molecule has 1 aliphatic heterocycles. The molecule has 4 amide bonds. The summed E-state index contributed by atoms with van der Waals surface area (Å²) >= 11 is 1.46. The Morgan fingerprint density at radius 1 is 1.25 bits per heavy atom. The van der Waals surface area contributed by atoms with E-state index in [-0.39, 0.29) is 19.4 Å². The number of nitrogens with zero attached hydrogens (tertiary/aromatic N) is 1. The largest absolute Gasteiger partial charge is 0.480 e. The second-order valence-electron chi connectivity index (χ2n) is 6.42. The van der Waals surface area contributed by atoms with E-state index >= 15 is 0 Å². The molecule has 0 spiro atoms. The standard InChI is InChI=1S/C16H27N5O6S/c1-28-6-4-10(20-14(24)9(17)7-12(18)22)15(25)19-8-13(23)21-5-2-3-11(21)16(26)27/h9-11H,2-8,17H2,1H3,(H2,18,22)(H,19,25)(H,20,24)(H,26,27). The van der Waals surface area contributed by atoms with Crippen molar-refractivity contribution in [3.05, 3.63) is 0 Å². The SMILES string of the molecule is CSCCC(NC(=O)C(N)CC(N)=O)C(=O)NCC(=O)N1CCCC1C(=O)O. The van der Waals surface area contributed by atoms with Gasteiger partial charge in [0.15, 0.2) is 0 Å². The second-order valence-corrected chi connectivity index (χ2v) is 7.41. The van der Waals surface area contributed by atoms with Gasteiger partial charge in [-0.05, 0) is 31.3 Å². The third kappa shape index (κ3) is 7.35. The molecule has 1 aliphatic rings. The molecule has 0 bridgehead atoms. The monoisotopic (exact) mass is 417 g/mol. The van der Waals surface area contributed by atoms with E-state index < -0.39 is 47.7 Å². The van der Waals surface area contributed by atoms with E-state index in [9.17, 15) is 24.0 Å². The van der Waals surface area contributed by atoms with Gasteiger partial charge >= 0.3 is 5.97 Å². The third-order valence-corrected chi connectivity index (χ3v) is 4.92. The molecule has 28 heavy (non-hydrogen) atoms. The van der Waals surface area contributed by atoms with Crippen molar-refractivity contribution in [2.75, 3.05) is 25.1 Å². The van der Waals surface area contributed by atoms with Gasteiger partial charge in [0.25, 0.3) is 0 Å². The molecule has 12 heteroatoms. The Morgan fingerprint density at radius 3 is 2.50 bits per heavy atom. The van der Waals surface area contributed by atoms with Gasteiger partial charge in [0.1, 0.15) is 12.1 Å². The molecule has 0 aliphatic carbocycles. The molecular formula is C16H27N5O6S. The number of nitrogens with two attached hydrogens (primary N) is 2. The first-order chi connectivity index (χ1) is 13.2. The summed E-state index contributed by atoms with van der Waals surface area (Å²) in [7, 11) is 0. The van der Waals surface area contributed by atoms with Crippen LogP contribution in [0.5, 0.6) is 0 Å². The molecule has 158 valence electrons. The predicted octanol–water partition coefficient (Wildman–Crippen LogP) is -2.38. The number of thioether (sulfide) groups is 1. The maximum atomic E-state index is 12.4. The maximum absolute atomic E-state index is 12.4. The van der Waals surface area contributed by atoms with Crippen LogP contribution in [0.25, 0.3) is 0 Å². The number of primary amides is 1. The summed E-state index contributed by atoms with van der Waals surface area (Å²) in [6.07, 6.45) is 2.73. The van der Waals surface area contributed by atoms with Crippen LogP contribution >= 0.6 is 11.8 Å². The summed E-state index contributed by atoms with van der Waals surface area (Å²) < 4.78 is 0. The van der Waals surface area contributed by atoms with E-state index in [0.717, 1.165) is 0 Å². The van der Waals surface area contributed by atoms with Crippen molar-refractivity contribution >= 4 is 41.4 Å². The van der Waals surface area contributed by atoms with Crippen LogP contribution in [0.15, 0.2) is 0 Å². The van der Waals surface area contributed by atoms with Crippen LogP contribution in [-0.4, -0.2) is 82.8 Å². The molecule has 3 unspecified atom stereocenters. The zero-order valence-electron chi connectivity index (χ0n) is 15.7. The Bertz CT molecular complexity index is 616. The number of nitrogens with one attached hydrogen (secondary N) is 2. The molecule has 0 aromatic carbocycles. The van der Waals surface area contributed by atoms with Gasteiger partial charge in [-0.2, -0.15) is 11.8 Å². The fraction of sp³-hybridized carbons (Fsp3) is 0.688. The summed E-state index contributed by atoms with van der Waals surface area (Å²) in [6.45, 7) is -0.0537. The fourth-order valence-electron chi connectivity index (χ4n) is 2.80. The zero-order chi connectivity index (χ0) is 21.3. The van der Waals surface area contributed by atoms with Gasteiger partial charge in [0, 0.05) is 6.54 Å². The third-order valence-electron chi connectivity index (χ3n) is 4.27. The number of likely N-dealkylation sites (tertiary alicyclic amines) is 1. The Kier molecular flexibility index (Phi) is 9.73. The number of amides is 4. The highest BCUT2D eigenvalue weighted by Gasteiger charge is 2.34. The van der Waals surface area contributed by atoms with Crippen LogP contribution in [0.4, 0.5) is 0 Å². The summed E-state index contributed by atoms with van der Waals surface area (Å²) in [5.41, 5.74) is 10.6. The smallest absolute Gasteiger partial charge is 0.326 e. The van der Waals surface area contributed by atoms with Crippen molar-refractivity contribution in [1.29, 1.82) is 0 Å². The molecule has 0 radical (unpaired) electrons. The molecule has 1 rings (SSSR count). The van der Waals surface area contributed by atoms with E-state index in [4.69, 9.17) is 16.6 Å². The van der Waals surface area contributed by atoms with Gasteiger partial charge in [0.05, 0.1) is 19.0 Å². The lowest BCUT2D eigenvalue weighted by Gasteiger charge is -2.23. The Hall–Kier alpha value is -2.34. The highest BCUT2D eigenvalue weighted by atomic mass is 32.2. The van der Waals surface area contributed by atoms with E-state index in [2.05, 4.69) is 10.6 Å². The lowest BCUT2D eigenvalue weighted by atomic mass is 10.1. The molecule has 1 saturated heterocycles. The van der Waals surface area contributed by atoms with Crippen molar-refractivity contribution in [3.8, 4) is 0 Å². The number of carboxylic acid groups (broad SMARTS) is 1. The summed E-state index contributed by atoms with van der Waals surface area (Å²) in [5, 5.41) is 14.0. The minimum absolute atomic E-state index is 0.289. The number of carboxylic acids is 1. The molecular weight excluding hydrogens is 390 g/mol. The number of rotatable bonds is 11. The highest BCUT2D eigenvalue weighted by Crippen LogP contribution is 2.17. The van der Waals surface area contributed by atoms with Crippen LogP contribution < -0.4 is 22.1 Å². The first-order valence-electron chi connectivity index (χ1n) is 8.80. The number of carbonyl (C=O) groups excluding carboxylic acids is 4. The van der Waals surface area contributed by atoms with Crippen LogP contribution in [0, 0.1) is 0 Å². The maximum Gasteiger partial charge on any atom is 0.326 e. The van der Waals surface area contributed by atoms with Crippen molar-refractivity contribution in [3.63, 3.8) is 0 Å². The molecule has 0 aromatic heterocycles. The summed E-state index contributed by atoms with van der Waals surface area (Å²) in [5.74, 6) is -3.05. The summed E-state index contributed by atoms with van der Waals surface area (Å²) in [4.78, 5) is 60.0. The normalized spacial score (nSPS) is 18.2. The zero-order valence-corrected chi connectivity index (χ0v) is 16.5. The van der Waals surface area contributed by atoms with Gasteiger partial charge in [0.2, 0.25) is 23.6 Å². The van der Waals surface area contributed by atoms with Gasteiger partial charge in [-0.1, -0.05) is 0 Å². The average Bonchev–Trinajstić information content (AvgIpc) is 3.12. The molecule has 7 N–H and O–H groups in total. The molecule has 1 fully saturated rings. The molecule has 0 saturated carbocycles. The summed E-state index contributed by atoms with van der Waals surface area (Å²) in [6, 6.07) is -3.01. The van der Waals surface area contributed by atoms with E-state index in [1.807, 2.05) is 6.26 Å². The van der Waals surface area contributed by atoms with Gasteiger partial charge < -0.3 is 32.1 Å². The molecule has 1 heterocycles. The number of hydrogen-bond acceptors (Lipinski definition) is 7.